The number of aliphatic imine (C=N–C) groups is 1. The van der Waals surface area contributed by atoms with Gasteiger partial charge in [0.25, 0.3) is 0 Å². The van der Waals surface area contributed by atoms with Crippen LogP contribution in [-0.2, 0) is 0 Å². The summed E-state index contributed by atoms with van der Waals surface area (Å²) in [5, 5.41) is 9.30. The third-order valence-electron chi connectivity index (χ3n) is 6.21. The van der Waals surface area contributed by atoms with Gasteiger partial charge in [0, 0.05) is 25.0 Å². The Morgan fingerprint density at radius 2 is 1.96 bits per heavy atom. The number of rotatable bonds is 9. The van der Waals surface area contributed by atoms with Crippen LogP contribution in [0.1, 0.15) is 56.4 Å². The molecular weight excluding hydrogens is 366 g/mol. The van der Waals surface area contributed by atoms with Crippen LogP contribution in [0.5, 0.6) is 0 Å². The molecule has 0 radical (unpaired) electrons. The summed E-state index contributed by atoms with van der Waals surface area (Å²) in [4.78, 5) is 11.2. The minimum atomic E-state index is 0.446. The molecule has 5 nitrogen and oxygen atoms in total. The van der Waals surface area contributed by atoms with E-state index in [1.165, 1.54) is 76.1 Å². The van der Waals surface area contributed by atoms with Crippen molar-refractivity contribution in [3.05, 3.63) is 22.4 Å². The van der Waals surface area contributed by atoms with E-state index in [0.29, 0.717) is 6.04 Å². The lowest BCUT2D eigenvalue weighted by molar-refractivity contribution is 0.140. The summed E-state index contributed by atoms with van der Waals surface area (Å²) < 4.78 is 0. The van der Waals surface area contributed by atoms with Gasteiger partial charge in [-0.3, -0.25) is 9.89 Å². The third kappa shape index (κ3) is 6.75. The van der Waals surface area contributed by atoms with E-state index in [4.69, 9.17) is 0 Å². The van der Waals surface area contributed by atoms with Gasteiger partial charge in [0.15, 0.2) is 5.96 Å². The predicted molar refractivity (Wildman–Crippen MR) is 121 cm³/mol. The van der Waals surface area contributed by atoms with E-state index in [9.17, 15) is 0 Å². The second-order valence-corrected chi connectivity index (χ2v) is 9.36. The Hall–Kier alpha value is -1.11. The second-order valence-electron chi connectivity index (χ2n) is 8.39. The van der Waals surface area contributed by atoms with Gasteiger partial charge in [0.2, 0.25) is 0 Å². The highest BCUT2D eigenvalue weighted by Gasteiger charge is 2.25. The molecule has 1 aromatic heterocycles. The minimum absolute atomic E-state index is 0.446. The average Bonchev–Trinajstić information content (AvgIpc) is 3.42. The van der Waals surface area contributed by atoms with Gasteiger partial charge in [0.1, 0.15) is 0 Å². The van der Waals surface area contributed by atoms with Crippen molar-refractivity contribution in [3.8, 4) is 0 Å². The maximum absolute atomic E-state index is 4.44. The Morgan fingerprint density at radius 1 is 1.18 bits per heavy atom. The normalized spacial score (nSPS) is 21.1. The largest absolute Gasteiger partial charge is 0.356 e. The zero-order chi connectivity index (χ0) is 19.6. The van der Waals surface area contributed by atoms with Gasteiger partial charge < -0.3 is 15.5 Å². The van der Waals surface area contributed by atoms with Crippen molar-refractivity contribution in [2.24, 2.45) is 10.9 Å². The maximum atomic E-state index is 4.44. The molecule has 0 spiro atoms. The monoisotopic (exact) mass is 405 g/mol. The Bertz CT molecular complexity index is 559. The predicted octanol–water partition coefficient (Wildman–Crippen LogP) is 3.56. The van der Waals surface area contributed by atoms with Crippen LogP contribution < -0.4 is 10.6 Å². The van der Waals surface area contributed by atoms with Crippen molar-refractivity contribution in [1.82, 2.24) is 20.4 Å². The molecule has 2 aliphatic heterocycles. The molecule has 3 heterocycles. The molecule has 28 heavy (non-hydrogen) atoms. The molecule has 3 rings (SSSR count). The number of thiophene rings is 1. The SMILES string of the molecule is CN=C(NCCCCN1CCCC1)NCC(c1cccs1)N1CCC(C)CC1. The van der Waals surface area contributed by atoms with Crippen molar-refractivity contribution in [1.29, 1.82) is 0 Å². The first-order chi connectivity index (χ1) is 13.8. The number of piperidine rings is 1. The lowest BCUT2D eigenvalue weighted by atomic mass is 9.97. The molecule has 0 saturated carbocycles. The van der Waals surface area contributed by atoms with Gasteiger partial charge >= 0.3 is 0 Å². The molecule has 1 unspecified atom stereocenters. The van der Waals surface area contributed by atoms with Gasteiger partial charge in [-0.2, -0.15) is 0 Å². The lowest BCUT2D eigenvalue weighted by Crippen LogP contribution is -2.45. The number of hydrogen-bond acceptors (Lipinski definition) is 4. The molecule has 2 aliphatic rings. The van der Waals surface area contributed by atoms with Gasteiger partial charge in [-0.25, -0.2) is 0 Å². The number of nitrogens with one attached hydrogen (secondary N) is 2. The topological polar surface area (TPSA) is 42.9 Å². The van der Waals surface area contributed by atoms with E-state index in [0.717, 1.165) is 25.0 Å². The van der Waals surface area contributed by atoms with Crippen LogP contribution in [0.15, 0.2) is 22.5 Å². The van der Waals surface area contributed by atoms with E-state index in [1.54, 1.807) is 0 Å². The number of nitrogens with zero attached hydrogens (tertiary/aromatic N) is 3. The molecule has 2 fully saturated rings. The van der Waals surface area contributed by atoms with E-state index < -0.39 is 0 Å². The van der Waals surface area contributed by atoms with E-state index in [1.807, 2.05) is 18.4 Å². The molecule has 0 bridgehead atoms. The maximum Gasteiger partial charge on any atom is 0.191 e. The Labute approximate surface area is 175 Å². The second kappa shape index (κ2) is 11.8. The quantitative estimate of drug-likeness (QED) is 0.374. The van der Waals surface area contributed by atoms with Crippen LogP contribution in [-0.4, -0.2) is 68.6 Å². The van der Waals surface area contributed by atoms with Gasteiger partial charge in [0.05, 0.1) is 6.04 Å². The number of likely N-dealkylation sites (tertiary alicyclic amines) is 2. The van der Waals surface area contributed by atoms with E-state index in [-0.39, 0.29) is 0 Å². The number of unbranched alkanes of at least 4 members (excludes halogenated alkanes) is 1. The standard InChI is InChI=1S/C22H39N5S/c1-19-9-15-27(16-10-19)20(21-8-7-17-28-21)18-25-22(23-2)24-11-3-4-12-26-13-5-6-14-26/h7-8,17,19-20H,3-6,9-16,18H2,1-2H3,(H2,23,24,25). The molecule has 0 aromatic carbocycles. The lowest BCUT2D eigenvalue weighted by Gasteiger charge is -2.36. The zero-order valence-electron chi connectivity index (χ0n) is 17.8. The fourth-order valence-electron chi connectivity index (χ4n) is 4.32. The zero-order valence-corrected chi connectivity index (χ0v) is 18.6. The van der Waals surface area contributed by atoms with Gasteiger partial charge in [-0.15, -0.1) is 11.3 Å². The molecule has 158 valence electrons. The summed E-state index contributed by atoms with van der Waals surface area (Å²) in [5.74, 6) is 1.80. The summed E-state index contributed by atoms with van der Waals surface area (Å²) in [7, 11) is 1.88. The first-order valence-electron chi connectivity index (χ1n) is 11.2. The van der Waals surface area contributed by atoms with Crippen molar-refractivity contribution in [3.63, 3.8) is 0 Å². The van der Waals surface area contributed by atoms with E-state index in [2.05, 4.69) is 49.9 Å². The first kappa shape index (κ1) is 21.6. The molecule has 1 atom stereocenters. The van der Waals surface area contributed by atoms with Crippen molar-refractivity contribution < 1.29 is 0 Å². The van der Waals surface area contributed by atoms with Crippen LogP contribution in [0, 0.1) is 5.92 Å². The molecule has 1 aromatic rings. The van der Waals surface area contributed by atoms with Crippen LogP contribution in [0.2, 0.25) is 0 Å². The number of guanidine groups is 1. The van der Waals surface area contributed by atoms with Crippen molar-refractivity contribution in [2.75, 3.05) is 52.9 Å². The fraction of sp³-hybridized carbons (Fsp3) is 0.773. The van der Waals surface area contributed by atoms with E-state index >= 15 is 0 Å². The summed E-state index contributed by atoms with van der Waals surface area (Å²) in [6.45, 7) is 10.6. The summed E-state index contributed by atoms with van der Waals surface area (Å²) in [5.41, 5.74) is 0. The fourth-order valence-corrected chi connectivity index (χ4v) is 5.18. The van der Waals surface area contributed by atoms with Gasteiger partial charge in [-0.05, 0) is 88.6 Å². The van der Waals surface area contributed by atoms with Gasteiger partial charge in [-0.1, -0.05) is 13.0 Å². The number of hydrogen-bond donors (Lipinski definition) is 2. The van der Waals surface area contributed by atoms with Crippen LogP contribution in [0.3, 0.4) is 0 Å². The molecule has 0 aliphatic carbocycles. The summed E-state index contributed by atoms with van der Waals surface area (Å²) >= 11 is 1.87. The molecular formula is C22H39N5S. The minimum Gasteiger partial charge on any atom is -0.356 e. The summed E-state index contributed by atoms with van der Waals surface area (Å²) in [6, 6.07) is 4.90. The molecule has 6 heteroatoms. The van der Waals surface area contributed by atoms with Crippen LogP contribution in [0.25, 0.3) is 0 Å². The molecule has 2 saturated heterocycles. The third-order valence-corrected chi connectivity index (χ3v) is 7.18. The summed E-state index contributed by atoms with van der Waals surface area (Å²) in [6.07, 6.45) is 7.87. The molecule has 2 N–H and O–H groups in total. The Balaban J connectivity index is 1.40. The van der Waals surface area contributed by atoms with Crippen LogP contribution in [0.4, 0.5) is 0 Å². The first-order valence-corrected chi connectivity index (χ1v) is 12.1. The molecule has 0 amide bonds. The average molecular weight is 406 g/mol. The highest BCUT2D eigenvalue weighted by atomic mass is 32.1. The van der Waals surface area contributed by atoms with Crippen molar-refractivity contribution in [2.45, 2.75) is 51.5 Å². The Kier molecular flexibility index (Phi) is 9.09. The van der Waals surface area contributed by atoms with Crippen molar-refractivity contribution >= 4 is 17.3 Å². The Morgan fingerprint density at radius 3 is 2.64 bits per heavy atom. The smallest absolute Gasteiger partial charge is 0.191 e. The highest BCUT2D eigenvalue weighted by molar-refractivity contribution is 7.10. The highest BCUT2D eigenvalue weighted by Crippen LogP contribution is 2.29. The van der Waals surface area contributed by atoms with Crippen LogP contribution >= 0.6 is 11.3 Å².